The average molecular weight is 334 g/mol. The summed E-state index contributed by atoms with van der Waals surface area (Å²) in [6.45, 7) is 4.35. The fourth-order valence-corrected chi connectivity index (χ4v) is 3.81. The maximum absolute atomic E-state index is 4.36. The minimum atomic E-state index is 0.625. The number of benzene rings is 1. The zero-order chi connectivity index (χ0) is 17.1. The van der Waals surface area contributed by atoms with Gasteiger partial charge in [0.05, 0.1) is 0 Å². The highest BCUT2D eigenvalue weighted by Crippen LogP contribution is 2.38. The molecule has 0 spiro atoms. The number of nitrogens with zero attached hydrogens (tertiary/aromatic N) is 3. The van der Waals surface area contributed by atoms with Gasteiger partial charge < -0.3 is 10.2 Å². The Morgan fingerprint density at radius 1 is 1.08 bits per heavy atom. The van der Waals surface area contributed by atoms with Crippen LogP contribution in [-0.4, -0.2) is 35.1 Å². The summed E-state index contributed by atoms with van der Waals surface area (Å²) in [7, 11) is 0. The molecule has 4 rings (SSSR count). The van der Waals surface area contributed by atoms with E-state index in [9.17, 15) is 0 Å². The molecule has 1 aliphatic carbocycles. The van der Waals surface area contributed by atoms with Gasteiger partial charge in [-0.05, 0) is 43.7 Å². The smallest absolute Gasteiger partial charge is 0.225 e. The minimum absolute atomic E-state index is 0.625. The molecular formula is C21H26N4. The van der Waals surface area contributed by atoms with Crippen molar-refractivity contribution in [3.8, 4) is 0 Å². The molecule has 0 unspecified atom stereocenters. The van der Waals surface area contributed by atoms with E-state index in [1.807, 2.05) is 18.5 Å². The van der Waals surface area contributed by atoms with Gasteiger partial charge in [0.15, 0.2) is 0 Å². The van der Waals surface area contributed by atoms with Gasteiger partial charge in [-0.2, -0.15) is 0 Å². The molecule has 4 heteroatoms. The first-order valence-corrected chi connectivity index (χ1v) is 9.31. The van der Waals surface area contributed by atoms with Crippen LogP contribution in [0.4, 0.5) is 5.95 Å². The molecular weight excluding hydrogens is 308 g/mol. The molecule has 2 aromatic rings. The standard InChI is InChI=1S/C21H26N4/c1-16(14-17-6-3-2-4-7-17)19-15-20(19)24-18-8-12-25(13-9-18)21-22-10-5-11-23-21/h2-7,10-11,14,18-20,24H,8-9,12-13,15H2,1H3/b16-14+/t19-,20+/m0/s1. The lowest BCUT2D eigenvalue weighted by Crippen LogP contribution is -2.44. The lowest BCUT2D eigenvalue weighted by Gasteiger charge is -2.32. The number of anilines is 1. The summed E-state index contributed by atoms with van der Waals surface area (Å²) in [6, 6.07) is 13.8. The molecule has 0 radical (unpaired) electrons. The van der Waals surface area contributed by atoms with Crippen LogP contribution >= 0.6 is 0 Å². The van der Waals surface area contributed by atoms with Gasteiger partial charge in [0.1, 0.15) is 0 Å². The van der Waals surface area contributed by atoms with Crippen LogP contribution in [0.1, 0.15) is 31.7 Å². The summed E-state index contributed by atoms with van der Waals surface area (Å²) in [4.78, 5) is 11.0. The first kappa shape index (κ1) is 16.3. The van der Waals surface area contributed by atoms with Crippen molar-refractivity contribution in [1.82, 2.24) is 15.3 Å². The second kappa shape index (κ2) is 7.36. The van der Waals surface area contributed by atoms with Gasteiger partial charge in [0, 0.05) is 37.6 Å². The number of hydrogen-bond donors (Lipinski definition) is 1. The molecule has 2 fully saturated rings. The number of hydrogen-bond acceptors (Lipinski definition) is 4. The molecule has 2 heterocycles. The Bertz CT molecular complexity index is 705. The van der Waals surface area contributed by atoms with Crippen LogP contribution < -0.4 is 10.2 Å². The first-order chi connectivity index (χ1) is 12.3. The Morgan fingerprint density at radius 3 is 2.52 bits per heavy atom. The van der Waals surface area contributed by atoms with E-state index >= 15 is 0 Å². The van der Waals surface area contributed by atoms with Crippen LogP contribution in [0.2, 0.25) is 0 Å². The quantitative estimate of drug-likeness (QED) is 0.908. The summed E-state index contributed by atoms with van der Waals surface area (Å²) in [6.07, 6.45) is 9.59. The van der Waals surface area contributed by atoms with Crippen LogP contribution in [0.3, 0.4) is 0 Å². The third-order valence-corrected chi connectivity index (χ3v) is 5.35. The molecule has 0 bridgehead atoms. The fraction of sp³-hybridized carbons (Fsp3) is 0.429. The summed E-state index contributed by atoms with van der Waals surface area (Å²) in [5, 5.41) is 3.87. The van der Waals surface area contributed by atoms with Crippen molar-refractivity contribution in [2.75, 3.05) is 18.0 Å². The highest BCUT2D eigenvalue weighted by atomic mass is 15.3. The summed E-state index contributed by atoms with van der Waals surface area (Å²) in [5.41, 5.74) is 2.81. The molecule has 2 atom stereocenters. The summed E-state index contributed by atoms with van der Waals surface area (Å²) >= 11 is 0. The number of nitrogens with one attached hydrogen (secondary N) is 1. The van der Waals surface area contributed by atoms with E-state index in [2.05, 4.69) is 63.5 Å². The summed E-state index contributed by atoms with van der Waals surface area (Å²) < 4.78 is 0. The molecule has 0 amide bonds. The van der Waals surface area contributed by atoms with Crippen molar-refractivity contribution >= 4 is 12.0 Å². The van der Waals surface area contributed by atoms with E-state index in [0.717, 1.165) is 19.0 Å². The SMILES string of the molecule is C/C(=C\c1ccccc1)[C@@H]1C[C@H]1NC1CCN(c2ncccn2)CC1. The monoisotopic (exact) mass is 334 g/mol. The van der Waals surface area contributed by atoms with Gasteiger partial charge in [-0.1, -0.05) is 42.0 Å². The van der Waals surface area contributed by atoms with Crippen molar-refractivity contribution in [2.45, 2.75) is 38.3 Å². The predicted octanol–water partition coefficient (Wildman–Crippen LogP) is 3.53. The Labute approximate surface area is 150 Å². The second-order valence-corrected chi connectivity index (χ2v) is 7.22. The molecule has 1 aromatic carbocycles. The zero-order valence-corrected chi connectivity index (χ0v) is 14.8. The first-order valence-electron chi connectivity index (χ1n) is 9.31. The molecule has 1 aromatic heterocycles. The van der Waals surface area contributed by atoms with Crippen LogP contribution in [0, 0.1) is 5.92 Å². The van der Waals surface area contributed by atoms with Crippen molar-refractivity contribution < 1.29 is 0 Å². The Balaban J connectivity index is 1.26. The van der Waals surface area contributed by atoms with Crippen LogP contribution in [0.15, 0.2) is 54.4 Å². The Hall–Kier alpha value is -2.20. The van der Waals surface area contributed by atoms with Crippen LogP contribution in [0.25, 0.3) is 6.08 Å². The molecule has 1 saturated heterocycles. The molecule has 1 saturated carbocycles. The normalized spacial score (nSPS) is 24.4. The van der Waals surface area contributed by atoms with Gasteiger partial charge in [-0.25, -0.2) is 9.97 Å². The average Bonchev–Trinajstić information content (AvgIpc) is 3.43. The van der Waals surface area contributed by atoms with Gasteiger partial charge in [-0.3, -0.25) is 0 Å². The summed E-state index contributed by atoms with van der Waals surface area (Å²) in [5.74, 6) is 1.57. The highest BCUT2D eigenvalue weighted by Gasteiger charge is 2.39. The van der Waals surface area contributed by atoms with Gasteiger partial charge in [0.25, 0.3) is 0 Å². The van der Waals surface area contributed by atoms with E-state index in [-0.39, 0.29) is 0 Å². The third kappa shape index (κ3) is 4.07. The predicted molar refractivity (Wildman–Crippen MR) is 102 cm³/mol. The zero-order valence-electron chi connectivity index (χ0n) is 14.8. The van der Waals surface area contributed by atoms with Crippen molar-refractivity contribution in [3.63, 3.8) is 0 Å². The van der Waals surface area contributed by atoms with E-state index in [0.29, 0.717) is 18.0 Å². The Kier molecular flexibility index (Phi) is 4.79. The van der Waals surface area contributed by atoms with Crippen LogP contribution in [-0.2, 0) is 0 Å². The fourth-order valence-electron chi connectivity index (χ4n) is 3.81. The molecule has 25 heavy (non-hydrogen) atoms. The maximum Gasteiger partial charge on any atom is 0.225 e. The van der Waals surface area contributed by atoms with E-state index in [1.54, 1.807) is 0 Å². The number of aromatic nitrogens is 2. The molecule has 4 nitrogen and oxygen atoms in total. The van der Waals surface area contributed by atoms with E-state index < -0.39 is 0 Å². The van der Waals surface area contributed by atoms with E-state index in [1.165, 1.54) is 30.4 Å². The van der Waals surface area contributed by atoms with Crippen molar-refractivity contribution in [3.05, 3.63) is 59.9 Å². The van der Waals surface area contributed by atoms with Crippen molar-refractivity contribution in [1.29, 1.82) is 0 Å². The third-order valence-electron chi connectivity index (χ3n) is 5.35. The van der Waals surface area contributed by atoms with Crippen LogP contribution in [0.5, 0.6) is 0 Å². The highest BCUT2D eigenvalue weighted by molar-refractivity contribution is 5.53. The van der Waals surface area contributed by atoms with Gasteiger partial charge >= 0.3 is 0 Å². The molecule has 1 aliphatic heterocycles. The maximum atomic E-state index is 4.36. The lowest BCUT2D eigenvalue weighted by molar-refractivity contribution is 0.405. The number of rotatable bonds is 5. The van der Waals surface area contributed by atoms with Crippen molar-refractivity contribution in [2.24, 2.45) is 5.92 Å². The second-order valence-electron chi connectivity index (χ2n) is 7.22. The van der Waals surface area contributed by atoms with Gasteiger partial charge in [-0.15, -0.1) is 0 Å². The lowest BCUT2D eigenvalue weighted by atomic mass is 10.0. The number of piperidine rings is 1. The van der Waals surface area contributed by atoms with E-state index in [4.69, 9.17) is 0 Å². The minimum Gasteiger partial charge on any atom is -0.341 e. The molecule has 130 valence electrons. The topological polar surface area (TPSA) is 41.0 Å². The molecule has 1 N–H and O–H groups in total. The van der Waals surface area contributed by atoms with Gasteiger partial charge in [0.2, 0.25) is 5.95 Å². The largest absolute Gasteiger partial charge is 0.341 e. The Morgan fingerprint density at radius 2 is 1.80 bits per heavy atom. The molecule has 2 aliphatic rings.